The number of ether oxygens (including phenoxy) is 1. The van der Waals surface area contributed by atoms with Crippen molar-refractivity contribution in [1.82, 2.24) is 19.9 Å². The van der Waals surface area contributed by atoms with Crippen LogP contribution in [0.2, 0.25) is 0 Å². The van der Waals surface area contributed by atoms with E-state index >= 15 is 0 Å². The van der Waals surface area contributed by atoms with Crippen LogP contribution < -0.4 is 19.9 Å². The van der Waals surface area contributed by atoms with Crippen LogP contribution >= 0.6 is 0 Å². The lowest BCUT2D eigenvalue weighted by Gasteiger charge is -2.27. The lowest BCUT2D eigenvalue weighted by Crippen LogP contribution is -2.34. The number of carboxylic acid groups (broad SMARTS) is 1. The van der Waals surface area contributed by atoms with Crippen LogP contribution in [0.1, 0.15) is 45.6 Å². The third-order valence-electron chi connectivity index (χ3n) is 7.06. The Labute approximate surface area is 245 Å². The van der Waals surface area contributed by atoms with Crippen molar-refractivity contribution in [3.63, 3.8) is 0 Å². The lowest BCUT2D eigenvalue weighted by molar-refractivity contribution is -0.137. The molecule has 1 fully saturated rings. The zero-order valence-corrected chi connectivity index (χ0v) is 24.2. The van der Waals surface area contributed by atoms with Crippen molar-refractivity contribution < 1.29 is 24.2 Å². The summed E-state index contributed by atoms with van der Waals surface area (Å²) in [4.78, 5) is 56.3. The van der Waals surface area contributed by atoms with Crippen molar-refractivity contribution in [2.75, 3.05) is 41.3 Å². The number of carbonyl (C=O) groups excluding carboxylic acids is 2. The molecular weight excluding hydrogens is 538 g/mol. The third-order valence-corrected chi connectivity index (χ3v) is 7.06. The van der Waals surface area contributed by atoms with E-state index < -0.39 is 12.0 Å². The molecule has 0 spiro atoms. The van der Waals surface area contributed by atoms with Crippen LogP contribution in [-0.4, -0.2) is 75.1 Å². The van der Waals surface area contributed by atoms with Gasteiger partial charge in [0.2, 0.25) is 11.9 Å². The summed E-state index contributed by atoms with van der Waals surface area (Å²) in [6.45, 7) is 8.37. The van der Waals surface area contributed by atoms with Crippen molar-refractivity contribution in [3.05, 3.63) is 60.6 Å². The summed E-state index contributed by atoms with van der Waals surface area (Å²) < 4.78 is 5.47. The van der Waals surface area contributed by atoms with E-state index in [1.807, 2.05) is 18.7 Å². The minimum absolute atomic E-state index is 0.108. The molecular formula is C30H37N7O5. The first-order valence-corrected chi connectivity index (χ1v) is 14.2. The van der Waals surface area contributed by atoms with Crippen LogP contribution in [-0.2, 0) is 16.0 Å². The molecule has 2 amide bonds. The molecule has 1 atom stereocenters. The molecule has 0 aliphatic carbocycles. The highest BCUT2D eigenvalue weighted by molar-refractivity contribution is 6.02. The number of aliphatic carboxylic acids is 1. The number of likely N-dealkylation sites (tertiary alicyclic amines) is 1. The molecule has 0 bridgehead atoms. The number of nitrogens with zero attached hydrogens (tertiary/aromatic N) is 6. The van der Waals surface area contributed by atoms with E-state index in [1.54, 1.807) is 66.8 Å². The van der Waals surface area contributed by atoms with Crippen LogP contribution in [0.25, 0.3) is 0 Å². The Morgan fingerprint density at radius 3 is 2.29 bits per heavy atom. The van der Waals surface area contributed by atoms with Crippen LogP contribution in [0.4, 0.5) is 27.9 Å². The number of hydrogen-bond acceptors (Lipinski definition) is 9. The van der Waals surface area contributed by atoms with Gasteiger partial charge in [0, 0.05) is 51.4 Å². The largest absolute Gasteiger partial charge is 0.480 e. The van der Waals surface area contributed by atoms with E-state index in [-0.39, 0.29) is 30.7 Å². The predicted octanol–water partition coefficient (Wildman–Crippen LogP) is 4.49. The number of rotatable bonds is 12. The SMILES string of the molecule is CCC(=O)N(c1ccncc1)c1cnc(N(CC)CC)nc1N[C@@H](Cc1ccc(OC(=O)N2CCCC2)cc1)C(=O)O. The molecule has 4 rings (SSSR count). The van der Waals surface area contributed by atoms with Gasteiger partial charge in [-0.15, -0.1) is 0 Å². The van der Waals surface area contributed by atoms with E-state index in [4.69, 9.17) is 9.72 Å². The fourth-order valence-corrected chi connectivity index (χ4v) is 4.72. The van der Waals surface area contributed by atoms with Gasteiger partial charge >= 0.3 is 12.1 Å². The summed E-state index contributed by atoms with van der Waals surface area (Å²) >= 11 is 0. The van der Waals surface area contributed by atoms with E-state index in [2.05, 4.69) is 15.3 Å². The topological polar surface area (TPSA) is 141 Å². The van der Waals surface area contributed by atoms with E-state index in [1.165, 1.54) is 4.90 Å². The van der Waals surface area contributed by atoms with Crippen LogP contribution in [0.15, 0.2) is 55.0 Å². The molecule has 0 saturated carbocycles. The number of carbonyl (C=O) groups is 3. The number of carboxylic acids is 1. The molecule has 2 aromatic heterocycles. The second kappa shape index (κ2) is 14.2. The molecule has 1 saturated heterocycles. The molecule has 12 heteroatoms. The first kappa shape index (κ1) is 30.2. The molecule has 1 aromatic carbocycles. The van der Waals surface area contributed by atoms with Crippen LogP contribution in [0, 0.1) is 0 Å². The number of amides is 2. The Morgan fingerprint density at radius 1 is 1.02 bits per heavy atom. The van der Waals surface area contributed by atoms with Crippen molar-refractivity contribution in [3.8, 4) is 5.75 Å². The molecule has 2 N–H and O–H groups in total. The zero-order chi connectivity index (χ0) is 30.1. The number of anilines is 4. The normalized spacial score (nSPS) is 13.4. The van der Waals surface area contributed by atoms with E-state index in [0.717, 1.165) is 12.8 Å². The summed E-state index contributed by atoms with van der Waals surface area (Å²) in [5, 5.41) is 13.3. The fraction of sp³-hybridized carbons (Fsp3) is 0.400. The van der Waals surface area contributed by atoms with Gasteiger partial charge in [-0.05, 0) is 56.5 Å². The Bertz CT molecular complexity index is 1360. The predicted molar refractivity (Wildman–Crippen MR) is 159 cm³/mol. The molecule has 0 unspecified atom stereocenters. The number of hydrogen-bond donors (Lipinski definition) is 2. The molecule has 1 aliphatic rings. The van der Waals surface area contributed by atoms with Gasteiger partial charge in [0.15, 0.2) is 5.82 Å². The smallest absolute Gasteiger partial charge is 0.415 e. The van der Waals surface area contributed by atoms with Crippen molar-refractivity contribution in [2.24, 2.45) is 0 Å². The Morgan fingerprint density at radius 2 is 1.69 bits per heavy atom. The maximum Gasteiger partial charge on any atom is 0.415 e. The van der Waals surface area contributed by atoms with E-state index in [0.29, 0.717) is 54.8 Å². The van der Waals surface area contributed by atoms with Gasteiger partial charge in [-0.3, -0.25) is 14.7 Å². The van der Waals surface area contributed by atoms with Gasteiger partial charge < -0.3 is 25.0 Å². The minimum Gasteiger partial charge on any atom is -0.480 e. The summed E-state index contributed by atoms with van der Waals surface area (Å²) in [5.41, 5.74) is 1.61. The monoisotopic (exact) mass is 575 g/mol. The molecule has 222 valence electrons. The summed E-state index contributed by atoms with van der Waals surface area (Å²) in [6, 6.07) is 9.08. The fourth-order valence-electron chi connectivity index (χ4n) is 4.72. The average Bonchev–Trinajstić information content (AvgIpc) is 3.55. The van der Waals surface area contributed by atoms with Crippen LogP contribution in [0.5, 0.6) is 5.75 Å². The quantitative estimate of drug-likeness (QED) is 0.317. The van der Waals surface area contributed by atoms with Gasteiger partial charge in [-0.1, -0.05) is 19.1 Å². The summed E-state index contributed by atoms with van der Waals surface area (Å²) in [5.74, 6) is -0.282. The van der Waals surface area contributed by atoms with Gasteiger partial charge in [0.05, 0.1) is 11.9 Å². The van der Waals surface area contributed by atoms with Crippen molar-refractivity contribution in [1.29, 1.82) is 0 Å². The summed E-state index contributed by atoms with van der Waals surface area (Å²) in [6.07, 6.45) is 6.56. The number of nitrogens with one attached hydrogen (secondary N) is 1. The van der Waals surface area contributed by atoms with Gasteiger partial charge in [0.1, 0.15) is 17.5 Å². The lowest BCUT2D eigenvalue weighted by atomic mass is 10.1. The first-order valence-electron chi connectivity index (χ1n) is 14.2. The Balaban J connectivity index is 1.62. The molecule has 3 aromatic rings. The number of aromatic nitrogens is 3. The molecule has 1 aliphatic heterocycles. The van der Waals surface area contributed by atoms with Crippen LogP contribution in [0.3, 0.4) is 0 Å². The summed E-state index contributed by atoms with van der Waals surface area (Å²) in [7, 11) is 0. The second-order valence-corrected chi connectivity index (χ2v) is 9.81. The zero-order valence-electron chi connectivity index (χ0n) is 24.2. The number of pyridine rings is 1. The molecule has 3 heterocycles. The van der Waals surface area contributed by atoms with Crippen molar-refractivity contribution >= 4 is 41.1 Å². The Hall–Kier alpha value is -4.74. The second-order valence-electron chi connectivity index (χ2n) is 9.81. The van der Waals surface area contributed by atoms with E-state index in [9.17, 15) is 19.5 Å². The first-order chi connectivity index (χ1) is 20.3. The highest BCUT2D eigenvalue weighted by Gasteiger charge is 2.27. The Kier molecular flexibility index (Phi) is 10.2. The number of benzene rings is 1. The van der Waals surface area contributed by atoms with Gasteiger partial charge in [-0.2, -0.15) is 4.98 Å². The molecule has 12 nitrogen and oxygen atoms in total. The molecule has 0 radical (unpaired) electrons. The standard InChI is InChI=1S/C30H37N7O5/c1-4-26(38)37(22-13-15-31-16-14-22)25-20-32-29(35(5-2)6-3)34-27(25)33-24(28(39)40)19-21-9-11-23(12-10-21)42-30(41)36-17-7-8-18-36/h9-16,20,24H,4-8,17-19H2,1-3H3,(H,39,40)(H,32,33,34)/t24-/m0/s1. The minimum atomic E-state index is -1.09. The van der Waals surface area contributed by atoms with Gasteiger partial charge in [-0.25, -0.2) is 14.6 Å². The average molecular weight is 576 g/mol. The maximum atomic E-state index is 13.2. The maximum absolute atomic E-state index is 13.2. The van der Waals surface area contributed by atoms with Gasteiger partial charge in [0.25, 0.3) is 0 Å². The third kappa shape index (κ3) is 7.31. The highest BCUT2D eigenvalue weighted by Crippen LogP contribution is 2.33. The molecule has 42 heavy (non-hydrogen) atoms. The van der Waals surface area contributed by atoms with Crippen molar-refractivity contribution in [2.45, 2.75) is 52.5 Å². The highest BCUT2D eigenvalue weighted by atomic mass is 16.6.